The summed E-state index contributed by atoms with van der Waals surface area (Å²) in [6.07, 6.45) is 5.83. The van der Waals surface area contributed by atoms with Crippen molar-refractivity contribution in [2.45, 2.75) is 45.4 Å². The first-order valence-electron chi connectivity index (χ1n) is 13.4. The molecule has 1 aromatic heterocycles. The molecule has 7 nitrogen and oxygen atoms in total. The lowest BCUT2D eigenvalue weighted by Gasteiger charge is -2.44. The number of carbonyl (C=O) groups is 2. The number of piperidine rings is 1. The fourth-order valence-electron chi connectivity index (χ4n) is 5.70. The van der Waals surface area contributed by atoms with Crippen molar-refractivity contribution in [2.75, 3.05) is 32.8 Å². The third-order valence-electron chi connectivity index (χ3n) is 7.95. The summed E-state index contributed by atoms with van der Waals surface area (Å²) in [6.45, 7) is 4.48. The molecule has 0 radical (unpaired) electrons. The van der Waals surface area contributed by atoms with Gasteiger partial charge in [0.15, 0.2) is 11.5 Å². The first-order valence-corrected chi connectivity index (χ1v) is 13.8. The molecule has 0 unspecified atom stereocenters. The molecule has 2 aliphatic rings. The molecule has 1 fully saturated rings. The number of rotatable bonds is 2. The van der Waals surface area contributed by atoms with E-state index >= 15 is 0 Å². The average Bonchev–Trinajstić information content (AvgIpc) is 3.41. The summed E-state index contributed by atoms with van der Waals surface area (Å²) < 4.78 is 11.7. The van der Waals surface area contributed by atoms with Gasteiger partial charge in [-0.15, -0.1) is 0 Å². The minimum Gasteiger partial charge on any atom is -0.491 e. The maximum Gasteiger partial charge on any atom is 0.276 e. The SMILES string of the molecule is CC(=O)N1CCC2(CCCCc3ccccc3OCCN(C(=O)c3cc(-c4ccccc4Cl)on3)C2)CC1. The fourth-order valence-corrected chi connectivity index (χ4v) is 5.93. The topological polar surface area (TPSA) is 75.9 Å². The van der Waals surface area contributed by atoms with Gasteiger partial charge in [0.25, 0.3) is 5.91 Å². The number of nitrogens with zero attached hydrogens (tertiary/aromatic N) is 3. The number of hydrogen-bond acceptors (Lipinski definition) is 5. The molecule has 0 saturated carbocycles. The summed E-state index contributed by atoms with van der Waals surface area (Å²) >= 11 is 6.34. The van der Waals surface area contributed by atoms with Crippen LogP contribution >= 0.6 is 11.6 Å². The van der Waals surface area contributed by atoms with Gasteiger partial charge in [0.2, 0.25) is 5.91 Å². The summed E-state index contributed by atoms with van der Waals surface area (Å²) in [5.74, 6) is 1.27. The van der Waals surface area contributed by atoms with Crippen LogP contribution in [0.2, 0.25) is 5.02 Å². The Labute approximate surface area is 228 Å². The van der Waals surface area contributed by atoms with Gasteiger partial charge in [0.05, 0.1) is 11.6 Å². The molecule has 0 aliphatic carbocycles. The number of likely N-dealkylation sites (tertiary alicyclic amines) is 1. The number of aryl methyl sites for hydroxylation is 1. The molecule has 2 aliphatic heterocycles. The Morgan fingerprint density at radius 1 is 0.947 bits per heavy atom. The first-order chi connectivity index (χ1) is 18.4. The second-order valence-electron chi connectivity index (χ2n) is 10.5. The highest BCUT2D eigenvalue weighted by Gasteiger charge is 2.38. The Balaban J connectivity index is 1.41. The molecular formula is C30H34ClN3O4. The second kappa shape index (κ2) is 11.6. The Hall–Kier alpha value is -3.32. The minimum atomic E-state index is -0.186. The lowest BCUT2D eigenvalue weighted by atomic mass is 9.73. The van der Waals surface area contributed by atoms with Crippen molar-refractivity contribution in [3.8, 4) is 17.1 Å². The van der Waals surface area contributed by atoms with E-state index in [4.69, 9.17) is 20.9 Å². The van der Waals surface area contributed by atoms with Gasteiger partial charge in [0, 0.05) is 38.2 Å². The summed E-state index contributed by atoms with van der Waals surface area (Å²) in [5.41, 5.74) is 2.09. The lowest BCUT2D eigenvalue weighted by molar-refractivity contribution is -0.131. The van der Waals surface area contributed by atoms with Crippen LogP contribution in [0.1, 0.15) is 55.1 Å². The maximum atomic E-state index is 13.8. The van der Waals surface area contributed by atoms with Crippen LogP contribution in [0.25, 0.3) is 11.3 Å². The van der Waals surface area contributed by atoms with Gasteiger partial charge < -0.3 is 19.1 Å². The molecule has 3 heterocycles. The van der Waals surface area contributed by atoms with Gasteiger partial charge in [-0.05, 0) is 61.3 Å². The van der Waals surface area contributed by atoms with Crippen molar-refractivity contribution in [3.05, 3.63) is 70.9 Å². The van der Waals surface area contributed by atoms with Crippen LogP contribution in [0.3, 0.4) is 0 Å². The molecule has 1 saturated heterocycles. The van der Waals surface area contributed by atoms with E-state index < -0.39 is 0 Å². The van der Waals surface area contributed by atoms with Gasteiger partial charge in [-0.1, -0.05) is 53.5 Å². The van der Waals surface area contributed by atoms with Crippen LogP contribution in [-0.2, 0) is 11.2 Å². The highest BCUT2D eigenvalue weighted by Crippen LogP contribution is 2.39. The molecule has 2 amide bonds. The second-order valence-corrected chi connectivity index (χ2v) is 10.9. The highest BCUT2D eigenvalue weighted by atomic mass is 35.5. The number of halogens is 1. The zero-order chi connectivity index (χ0) is 26.5. The average molecular weight is 536 g/mol. The summed E-state index contributed by atoms with van der Waals surface area (Å²) in [7, 11) is 0. The van der Waals surface area contributed by atoms with E-state index in [9.17, 15) is 9.59 Å². The largest absolute Gasteiger partial charge is 0.491 e. The van der Waals surface area contributed by atoms with Crippen LogP contribution in [0.4, 0.5) is 0 Å². The number of para-hydroxylation sites is 1. The predicted octanol–water partition coefficient (Wildman–Crippen LogP) is 5.87. The van der Waals surface area contributed by atoms with Crippen molar-refractivity contribution >= 4 is 23.4 Å². The van der Waals surface area contributed by atoms with Crippen molar-refractivity contribution < 1.29 is 18.8 Å². The van der Waals surface area contributed by atoms with E-state index in [0.29, 0.717) is 36.0 Å². The van der Waals surface area contributed by atoms with E-state index in [1.807, 2.05) is 46.2 Å². The minimum absolute atomic E-state index is 0.0599. The Bertz CT molecular complexity index is 1280. The Morgan fingerprint density at radius 2 is 1.71 bits per heavy atom. The Kier molecular flexibility index (Phi) is 8.03. The van der Waals surface area contributed by atoms with E-state index in [1.165, 1.54) is 5.56 Å². The quantitative estimate of drug-likeness (QED) is 0.410. The molecule has 0 atom stereocenters. The summed E-state index contributed by atoms with van der Waals surface area (Å²) in [4.78, 5) is 29.6. The zero-order valence-electron chi connectivity index (χ0n) is 21.8. The van der Waals surface area contributed by atoms with Gasteiger partial charge in [0.1, 0.15) is 12.4 Å². The van der Waals surface area contributed by atoms with Crippen molar-refractivity contribution in [3.63, 3.8) is 0 Å². The van der Waals surface area contributed by atoms with E-state index in [0.717, 1.165) is 57.4 Å². The number of hydrogen-bond donors (Lipinski definition) is 0. The normalized spacial score (nSPS) is 18.2. The molecule has 1 spiro atoms. The monoisotopic (exact) mass is 535 g/mol. The fraction of sp³-hybridized carbons (Fsp3) is 0.433. The van der Waals surface area contributed by atoms with Gasteiger partial charge >= 0.3 is 0 Å². The molecule has 5 rings (SSSR count). The number of ether oxygens (including phenoxy) is 1. The number of amides is 2. The van der Waals surface area contributed by atoms with Crippen molar-refractivity contribution in [2.24, 2.45) is 5.41 Å². The molecule has 0 N–H and O–H groups in total. The molecule has 8 heteroatoms. The molecule has 0 bridgehead atoms. The van der Waals surface area contributed by atoms with Crippen LogP contribution in [-0.4, -0.2) is 59.6 Å². The first kappa shape index (κ1) is 26.3. The van der Waals surface area contributed by atoms with Crippen LogP contribution in [0.15, 0.2) is 59.1 Å². The zero-order valence-corrected chi connectivity index (χ0v) is 22.6. The third-order valence-corrected chi connectivity index (χ3v) is 8.28. The van der Waals surface area contributed by atoms with E-state index in [1.54, 1.807) is 19.1 Å². The predicted molar refractivity (Wildman–Crippen MR) is 146 cm³/mol. The number of benzene rings is 2. The molecule has 200 valence electrons. The Morgan fingerprint density at radius 3 is 2.50 bits per heavy atom. The molecule has 2 aromatic carbocycles. The number of fused-ring (bicyclic) bond motifs is 1. The van der Waals surface area contributed by atoms with Gasteiger partial charge in [-0.2, -0.15) is 0 Å². The van der Waals surface area contributed by atoms with Gasteiger partial charge in [-0.3, -0.25) is 9.59 Å². The van der Waals surface area contributed by atoms with E-state index in [-0.39, 0.29) is 22.9 Å². The lowest BCUT2D eigenvalue weighted by Crippen LogP contribution is -2.49. The highest BCUT2D eigenvalue weighted by molar-refractivity contribution is 6.33. The van der Waals surface area contributed by atoms with E-state index in [2.05, 4.69) is 11.2 Å². The molecule has 3 aromatic rings. The van der Waals surface area contributed by atoms with Gasteiger partial charge in [-0.25, -0.2) is 0 Å². The number of carbonyl (C=O) groups excluding carboxylic acids is 2. The smallest absolute Gasteiger partial charge is 0.276 e. The van der Waals surface area contributed by atoms with Crippen LogP contribution < -0.4 is 4.74 Å². The molecular weight excluding hydrogens is 502 g/mol. The van der Waals surface area contributed by atoms with Crippen molar-refractivity contribution in [1.82, 2.24) is 15.0 Å². The van der Waals surface area contributed by atoms with Crippen LogP contribution in [0.5, 0.6) is 5.75 Å². The third kappa shape index (κ3) is 5.88. The summed E-state index contributed by atoms with van der Waals surface area (Å²) in [6, 6.07) is 17.2. The van der Waals surface area contributed by atoms with Crippen LogP contribution in [0, 0.1) is 5.41 Å². The maximum absolute atomic E-state index is 13.8. The summed E-state index contributed by atoms with van der Waals surface area (Å²) in [5, 5.41) is 4.66. The number of aromatic nitrogens is 1. The standard InChI is InChI=1S/C30H34ClN3O4/c1-22(35)33-16-14-30(15-17-33)13-7-6-9-23-8-2-5-12-27(23)37-19-18-34(21-30)29(36)26-20-28(38-32-26)24-10-3-4-11-25(24)31/h2-5,8,10-12,20H,6-7,9,13-19,21H2,1H3. The molecule has 38 heavy (non-hydrogen) atoms. The van der Waals surface area contributed by atoms with Crippen molar-refractivity contribution in [1.29, 1.82) is 0 Å².